The second-order valence-electron chi connectivity index (χ2n) is 4.08. The Morgan fingerprint density at radius 3 is 2.95 bits per heavy atom. The van der Waals surface area contributed by atoms with Crippen LogP contribution in [0.15, 0.2) is 12.3 Å². The summed E-state index contributed by atoms with van der Waals surface area (Å²) in [6.45, 7) is 2.17. The molecular formula is C12H13Cl2N3O2. The van der Waals surface area contributed by atoms with Gasteiger partial charge in [0, 0.05) is 19.3 Å². The van der Waals surface area contributed by atoms with Crippen molar-refractivity contribution in [2.75, 3.05) is 13.2 Å². The minimum absolute atomic E-state index is 0.0318. The number of nitrogens with zero attached hydrogens (tertiary/aromatic N) is 2. The maximum absolute atomic E-state index is 12.1. The molecule has 7 heteroatoms. The van der Waals surface area contributed by atoms with Crippen LogP contribution in [0.4, 0.5) is 0 Å². The Bertz CT molecular complexity index is 625. The van der Waals surface area contributed by atoms with Crippen molar-refractivity contribution in [2.24, 2.45) is 0 Å². The number of aliphatic hydroxyl groups is 1. The number of nitrogens with one attached hydrogen (secondary N) is 1. The summed E-state index contributed by atoms with van der Waals surface area (Å²) >= 11 is 12.0. The minimum atomic E-state index is -0.267. The molecule has 5 nitrogen and oxygen atoms in total. The van der Waals surface area contributed by atoms with E-state index in [2.05, 4.69) is 10.3 Å². The van der Waals surface area contributed by atoms with E-state index >= 15 is 0 Å². The van der Waals surface area contributed by atoms with Gasteiger partial charge in [-0.3, -0.25) is 9.20 Å². The molecule has 19 heavy (non-hydrogen) atoms. The normalized spacial score (nSPS) is 10.9. The molecule has 2 aromatic rings. The van der Waals surface area contributed by atoms with Crippen molar-refractivity contribution in [3.8, 4) is 0 Å². The molecule has 2 aromatic heterocycles. The number of aliphatic hydroxyl groups excluding tert-OH is 1. The third-order valence-corrected chi connectivity index (χ3v) is 3.14. The molecule has 0 atom stereocenters. The molecule has 102 valence electrons. The van der Waals surface area contributed by atoms with E-state index in [1.54, 1.807) is 23.6 Å². The molecule has 2 N–H and O–H groups in total. The van der Waals surface area contributed by atoms with Gasteiger partial charge in [0.15, 0.2) is 5.65 Å². The van der Waals surface area contributed by atoms with Crippen molar-refractivity contribution >= 4 is 34.8 Å². The third kappa shape index (κ3) is 2.83. The molecule has 0 fully saturated rings. The summed E-state index contributed by atoms with van der Waals surface area (Å²) in [6.07, 6.45) is 2.10. The van der Waals surface area contributed by atoms with E-state index in [0.717, 1.165) is 0 Å². The van der Waals surface area contributed by atoms with Crippen LogP contribution >= 0.6 is 23.2 Å². The molecule has 0 spiro atoms. The largest absolute Gasteiger partial charge is 0.396 e. The first kappa shape index (κ1) is 14.1. The van der Waals surface area contributed by atoms with Gasteiger partial charge in [-0.15, -0.1) is 0 Å². The van der Waals surface area contributed by atoms with E-state index in [9.17, 15) is 4.79 Å². The van der Waals surface area contributed by atoms with Crippen molar-refractivity contribution in [3.05, 3.63) is 33.7 Å². The van der Waals surface area contributed by atoms with Crippen molar-refractivity contribution in [1.29, 1.82) is 0 Å². The number of rotatable bonds is 4. The van der Waals surface area contributed by atoms with Crippen molar-refractivity contribution in [1.82, 2.24) is 14.7 Å². The summed E-state index contributed by atoms with van der Waals surface area (Å²) < 4.78 is 1.58. The Morgan fingerprint density at radius 1 is 1.53 bits per heavy atom. The molecule has 0 bridgehead atoms. The van der Waals surface area contributed by atoms with Crippen LogP contribution in [-0.4, -0.2) is 33.6 Å². The van der Waals surface area contributed by atoms with Crippen LogP contribution in [0.2, 0.25) is 10.0 Å². The SMILES string of the molecule is Cc1nc2c(Cl)cc(Cl)cn2c1C(=O)NCCCO. The molecule has 0 saturated heterocycles. The van der Waals surface area contributed by atoms with Gasteiger partial charge in [0.2, 0.25) is 0 Å². The fraction of sp³-hybridized carbons (Fsp3) is 0.333. The summed E-state index contributed by atoms with van der Waals surface area (Å²) in [5.74, 6) is -0.267. The van der Waals surface area contributed by atoms with Gasteiger partial charge in [-0.05, 0) is 19.4 Å². The monoisotopic (exact) mass is 301 g/mol. The number of carbonyl (C=O) groups excluding carboxylic acids is 1. The van der Waals surface area contributed by atoms with Crippen molar-refractivity contribution in [2.45, 2.75) is 13.3 Å². The Kier molecular flexibility index (Phi) is 4.29. The predicted molar refractivity (Wildman–Crippen MR) is 74.0 cm³/mol. The highest BCUT2D eigenvalue weighted by atomic mass is 35.5. The van der Waals surface area contributed by atoms with E-state index in [0.29, 0.717) is 40.0 Å². The molecule has 2 rings (SSSR count). The number of hydrogen-bond donors (Lipinski definition) is 2. The van der Waals surface area contributed by atoms with Crippen LogP contribution in [0.5, 0.6) is 0 Å². The Labute approximate surface area is 120 Å². The molecular weight excluding hydrogens is 289 g/mol. The molecule has 0 saturated carbocycles. The number of hydrogen-bond acceptors (Lipinski definition) is 3. The number of imidazole rings is 1. The van der Waals surface area contributed by atoms with Gasteiger partial charge in [-0.2, -0.15) is 0 Å². The fourth-order valence-corrected chi connectivity index (χ4v) is 2.34. The first-order valence-corrected chi connectivity index (χ1v) is 6.53. The Hall–Kier alpha value is -1.30. The molecule has 0 radical (unpaired) electrons. The van der Waals surface area contributed by atoms with Gasteiger partial charge in [0.05, 0.1) is 15.7 Å². The van der Waals surface area contributed by atoms with Gasteiger partial charge in [-0.25, -0.2) is 4.98 Å². The molecule has 0 aliphatic rings. The third-order valence-electron chi connectivity index (χ3n) is 2.65. The predicted octanol–water partition coefficient (Wildman–Crippen LogP) is 2.06. The van der Waals surface area contributed by atoms with Gasteiger partial charge in [0.25, 0.3) is 5.91 Å². The van der Waals surface area contributed by atoms with Gasteiger partial charge < -0.3 is 10.4 Å². The lowest BCUT2D eigenvalue weighted by Gasteiger charge is -2.05. The highest BCUT2D eigenvalue weighted by Gasteiger charge is 2.18. The van der Waals surface area contributed by atoms with Crippen LogP contribution < -0.4 is 5.32 Å². The quantitative estimate of drug-likeness (QED) is 0.850. The summed E-state index contributed by atoms with van der Waals surface area (Å²) in [7, 11) is 0. The Balaban J connectivity index is 2.42. The standard InChI is InChI=1S/C12H13Cl2N3O2/c1-7-10(12(19)15-3-2-4-18)17-6-8(13)5-9(14)11(17)16-7/h5-6,18H,2-4H2,1H3,(H,15,19). The molecule has 0 aliphatic heterocycles. The molecule has 0 unspecified atom stereocenters. The number of aryl methyl sites for hydroxylation is 1. The van der Waals surface area contributed by atoms with E-state index in [1.165, 1.54) is 0 Å². The molecule has 0 aliphatic carbocycles. The van der Waals surface area contributed by atoms with E-state index in [1.807, 2.05) is 0 Å². The summed E-state index contributed by atoms with van der Waals surface area (Å²) in [5.41, 5.74) is 1.47. The smallest absolute Gasteiger partial charge is 0.270 e. The highest BCUT2D eigenvalue weighted by Crippen LogP contribution is 2.24. The van der Waals surface area contributed by atoms with Gasteiger partial charge in [-0.1, -0.05) is 23.2 Å². The number of fused-ring (bicyclic) bond motifs is 1. The van der Waals surface area contributed by atoms with E-state index < -0.39 is 0 Å². The Morgan fingerprint density at radius 2 is 2.26 bits per heavy atom. The van der Waals surface area contributed by atoms with Crippen molar-refractivity contribution in [3.63, 3.8) is 0 Å². The first-order valence-electron chi connectivity index (χ1n) is 5.77. The number of amides is 1. The van der Waals surface area contributed by atoms with E-state index in [-0.39, 0.29) is 12.5 Å². The molecule has 0 aromatic carbocycles. The zero-order valence-electron chi connectivity index (χ0n) is 10.3. The first-order chi connectivity index (χ1) is 9.04. The zero-order chi connectivity index (χ0) is 14.0. The number of halogens is 2. The molecule has 1 amide bonds. The van der Waals surface area contributed by atoms with E-state index in [4.69, 9.17) is 28.3 Å². The van der Waals surface area contributed by atoms with Crippen LogP contribution in [0.25, 0.3) is 5.65 Å². The molecule has 2 heterocycles. The minimum Gasteiger partial charge on any atom is -0.396 e. The lowest BCUT2D eigenvalue weighted by Crippen LogP contribution is -2.26. The fourth-order valence-electron chi connectivity index (χ4n) is 1.82. The maximum atomic E-state index is 12.1. The van der Waals surface area contributed by atoms with Gasteiger partial charge in [0.1, 0.15) is 5.69 Å². The average molecular weight is 302 g/mol. The second kappa shape index (κ2) is 5.77. The average Bonchev–Trinajstić information content (AvgIpc) is 2.66. The van der Waals surface area contributed by atoms with Crippen LogP contribution in [0.3, 0.4) is 0 Å². The van der Waals surface area contributed by atoms with Crippen LogP contribution in [0, 0.1) is 6.92 Å². The van der Waals surface area contributed by atoms with Crippen LogP contribution in [0.1, 0.15) is 22.6 Å². The summed E-state index contributed by atoms with van der Waals surface area (Å²) in [5, 5.41) is 12.2. The number of aromatic nitrogens is 2. The lowest BCUT2D eigenvalue weighted by atomic mass is 10.3. The lowest BCUT2D eigenvalue weighted by molar-refractivity contribution is 0.0944. The van der Waals surface area contributed by atoms with Crippen LogP contribution in [-0.2, 0) is 0 Å². The summed E-state index contributed by atoms with van der Waals surface area (Å²) in [6, 6.07) is 1.58. The second-order valence-corrected chi connectivity index (χ2v) is 4.92. The van der Waals surface area contributed by atoms with Gasteiger partial charge >= 0.3 is 0 Å². The van der Waals surface area contributed by atoms with Crippen molar-refractivity contribution < 1.29 is 9.90 Å². The highest BCUT2D eigenvalue weighted by molar-refractivity contribution is 6.36. The number of carbonyl (C=O) groups is 1. The topological polar surface area (TPSA) is 66.6 Å². The maximum Gasteiger partial charge on any atom is 0.270 e. The summed E-state index contributed by atoms with van der Waals surface area (Å²) in [4.78, 5) is 16.4. The number of pyridine rings is 1. The zero-order valence-corrected chi connectivity index (χ0v) is 11.8.